The van der Waals surface area contributed by atoms with Gasteiger partial charge in [-0.05, 0) is 25.7 Å². The highest BCUT2D eigenvalue weighted by atomic mass is 32.2. The Labute approximate surface area is 116 Å². The van der Waals surface area contributed by atoms with Crippen LogP contribution >= 0.6 is 0 Å². The molecule has 1 aliphatic rings. The van der Waals surface area contributed by atoms with Gasteiger partial charge in [-0.2, -0.15) is 0 Å². The molecule has 7 nitrogen and oxygen atoms in total. The van der Waals surface area contributed by atoms with Gasteiger partial charge in [0.2, 0.25) is 15.8 Å². The molecule has 1 saturated carbocycles. The lowest BCUT2D eigenvalue weighted by Crippen LogP contribution is -2.32. The fourth-order valence-corrected chi connectivity index (χ4v) is 3.66. The Balaban J connectivity index is 2.12. The largest absolute Gasteiger partial charge is 0.475 e. The van der Waals surface area contributed by atoms with E-state index >= 15 is 0 Å². The lowest BCUT2D eigenvalue weighted by Gasteiger charge is -2.14. The zero-order valence-corrected chi connectivity index (χ0v) is 11.8. The second kappa shape index (κ2) is 5.55. The summed E-state index contributed by atoms with van der Waals surface area (Å²) in [4.78, 5) is 10.6. The van der Waals surface area contributed by atoms with Gasteiger partial charge in [0, 0.05) is 12.6 Å². The maximum absolute atomic E-state index is 12.1. The fraction of sp³-hybridized carbons (Fsp3) is 0.583. The minimum Gasteiger partial charge on any atom is -0.475 e. The molecule has 0 amide bonds. The van der Waals surface area contributed by atoms with Gasteiger partial charge in [-0.1, -0.05) is 6.42 Å². The number of hydrogen-bond acceptors (Lipinski definition) is 5. The van der Waals surface area contributed by atoms with Crippen molar-refractivity contribution in [3.05, 3.63) is 17.6 Å². The minimum absolute atomic E-state index is 0.0295. The van der Waals surface area contributed by atoms with Crippen molar-refractivity contribution in [2.24, 2.45) is 5.92 Å². The van der Waals surface area contributed by atoms with Crippen molar-refractivity contribution in [2.75, 3.05) is 6.54 Å². The number of carboxylic acids is 1. The fourth-order valence-electron chi connectivity index (χ4n) is 2.39. The summed E-state index contributed by atoms with van der Waals surface area (Å²) >= 11 is 0. The van der Waals surface area contributed by atoms with Crippen LogP contribution in [0.3, 0.4) is 0 Å². The van der Waals surface area contributed by atoms with Crippen molar-refractivity contribution in [1.29, 1.82) is 0 Å². The van der Waals surface area contributed by atoms with Crippen LogP contribution in [0.2, 0.25) is 0 Å². The van der Waals surface area contributed by atoms with Gasteiger partial charge in [-0.3, -0.25) is 0 Å². The average molecular weight is 303 g/mol. The Morgan fingerprint density at radius 2 is 2.20 bits per heavy atom. The molecular weight excluding hydrogens is 286 g/mol. The minimum atomic E-state index is -3.83. The highest BCUT2D eigenvalue weighted by Gasteiger charge is 2.29. The molecule has 0 spiro atoms. The van der Waals surface area contributed by atoms with Crippen LogP contribution in [0.4, 0.5) is 0 Å². The summed E-state index contributed by atoms with van der Waals surface area (Å²) in [6.45, 7) is 1.53. The van der Waals surface area contributed by atoms with Crippen molar-refractivity contribution in [2.45, 2.75) is 37.2 Å². The van der Waals surface area contributed by atoms with Crippen LogP contribution in [-0.2, 0) is 10.0 Å². The van der Waals surface area contributed by atoms with Crippen molar-refractivity contribution in [3.8, 4) is 0 Å². The number of aromatic carboxylic acids is 1. The molecular formula is C12H17NO6S. The van der Waals surface area contributed by atoms with Crippen LogP contribution in [0, 0.1) is 12.8 Å². The van der Waals surface area contributed by atoms with Crippen LogP contribution in [0.15, 0.2) is 15.4 Å². The SMILES string of the molecule is Cc1oc(C(=O)O)cc1S(=O)(=O)NCC1CCCC1O. The van der Waals surface area contributed by atoms with E-state index in [1.54, 1.807) is 0 Å². The van der Waals surface area contributed by atoms with E-state index in [0.717, 1.165) is 18.9 Å². The first-order valence-electron chi connectivity index (χ1n) is 6.32. The lowest BCUT2D eigenvalue weighted by molar-refractivity contribution is 0.0661. The summed E-state index contributed by atoms with van der Waals surface area (Å²) in [7, 11) is -3.83. The molecule has 2 atom stereocenters. The number of sulfonamides is 1. The van der Waals surface area contributed by atoms with Crippen LogP contribution in [0.5, 0.6) is 0 Å². The molecule has 1 aromatic heterocycles. The molecule has 112 valence electrons. The average Bonchev–Trinajstić information content (AvgIpc) is 2.93. The summed E-state index contributed by atoms with van der Waals surface area (Å²) in [6.07, 6.45) is 1.84. The van der Waals surface area contributed by atoms with Crippen LogP contribution < -0.4 is 4.72 Å². The number of aliphatic hydroxyl groups excluding tert-OH is 1. The Hall–Kier alpha value is -1.38. The quantitative estimate of drug-likeness (QED) is 0.738. The van der Waals surface area contributed by atoms with E-state index in [0.29, 0.717) is 6.42 Å². The molecule has 0 radical (unpaired) electrons. The van der Waals surface area contributed by atoms with Gasteiger partial charge >= 0.3 is 5.97 Å². The third-order valence-corrected chi connectivity index (χ3v) is 5.06. The highest BCUT2D eigenvalue weighted by molar-refractivity contribution is 7.89. The van der Waals surface area contributed by atoms with Crippen molar-refractivity contribution in [3.63, 3.8) is 0 Å². The van der Waals surface area contributed by atoms with Gasteiger partial charge in [0.25, 0.3) is 0 Å². The number of carboxylic acid groups (broad SMARTS) is 1. The van der Waals surface area contributed by atoms with E-state index in [1.165, 1.54) is 6.92 Å². The number of aliphatic hydroxyl groups is 1. The predicted molar refractivity (Wildman–Crippen MR) is 68.9 cm³/mol. The van der Waals surface area contributed by atoms with E-state index in [1.807, 2.05) is 0 Å². The highest BCUT2D eigenvalue weighted by Crippen LogP contribution is 2.26. The van der Waals surface area contributed by atoms with Crippen LogP contribution in [0.1, 0.15) is 35.6 Å². The van der Waals surface area contributed by atoms with Crippen molar-refractivity contribution >= 4 is 16.0 Å². The second-order valence-electron chi connectivity index (χ2n) is 4.95. The molecule has 20 heavy (non-hydrogen) atoms. The molecule has 1 fully saturated rings. The molecule has 2 unspecified atom stereocenters. The third-order valence-electron chi connectivity index (χ3n) is 3.53. The number of carbonyl (C=O) groups is 1. The van der Waals surface area contributed by atoms with E-state index < -0.39 is 27.9 Å². The molecule has 8 heteroatoms. The number of aryl methyl sites for hydroxylation is 1. The van der Waals surface area contributed by atoms with E-state index in [4.69, 9.17) is 9.52 Å². The third kappa shape index (κ3) is 3.02. The molecule has 0 aliphatic heterocycles. The van der Waals surface area contributed by atoms with E-state index in [9.17, 15) is 18.3 Å². The Bertz CT molecular complexity index is 605. The topological polar surface area (TPSA) is 117 Å². The molecule has 0 bridgehead atoms. The Morgan fingerprint density at radius 3 is 2.70 bits per heavy atom. The molecule has 1 aliphatic carbocycles. The van der Waals surface area contributed by atoms with Crippen molar-refractivity contribution < 1.29 is 27.8 Å². The van der Waals surface area contributed by atoms with E-state index in [-0.39, 0.29) is 23.1 Å². The maximum atomic E-state index is 12.1. The second-order valence-corrected chi connectivity index (χ2v) is 6.68. The van der Waals surface area contributed by atoms with Gasteiger partial charge in [0.05, 0.1) is 6.10 Å². The zero-order chi connectivity index (χ0) is 14.9. The van der Waals surface area contributed by atoms with Gasteiger partial charge in [0.15, 0.2) is 0 Å². The Kier molecular flexibility index (Phi) is 4.17. The monoisotopic (exact) mass is 303 g/mol. The molecule has 2 rings (SSSR count). The molecule has 3 N–H and O–H groups in total. The first-order valence-corrected chi connectivity index (χ1v) is 7.81. The molecule has 0 aromatic carbocycles. The van der Waals surface area contributed by atoms with Crippen LogP contribution in [-0.4, -0.2) is 37.2 Å². The number of rotatable bonds is 5. The molecule has 1 heterocycles. The molecule has 0 saturated heterocycles. The number of furan rings is 1. The summed E-state index contributed by atoms with van der Waals surface area (Å²) < 4.78 is 31.5. The molecule has 1 aromatic rings. The smallest absolute Gasteiger partial charge is 0.371 e. The van der Waals surface area contributed by atoms with Crippen LogP contribution in [0.25, 0.3) is 0 Å². The first-order chi connectivity index (χ1) is 9.31. The predicted octanol–water partition coefficient (Wildman–Crippen LogP) is 0.726. The maximum Gasteiger partial charge on any atom is 0.371 e. The Morgan fingerprint density at radius 1 is 1.50 bits per heavy atom. The summed E-state index contributed by atoms with van der Waals surface area (Å²) in [6, 6.07) is 0.991. The number of nitrogens with one attached hydrogen (secondary N) is 1. The van der Waals surface area contributed by atoms with Gasteiger partial charge in [-0.15, -0.1) is 0 Å². The van der Waals surface area contributed by atoms with Gasteiger partial charge < -0.3 is 14.6 Å². The summed E-state index contributed by atoms with van der Waals surface area (Å²) in [5.74, 6) is -1.80. The standard InChI is InChI=1S/C12H17NO6S/c1-7-11(5-10(19-7)12(15)16)20(17,18)13-6-8-3-2-4-9(8)14/h5,8-9,13-14H,2-4,6H2,1H3,(H,15,16). The first kappa shape index (κ1) is 15.0. The van der Waals surface area contributed by atoms with Gasteiger partial charge in [-0.25, -0.2) is 17.9 Å². The lowest BCUT2D eigenvalue weighted by atomic mass is 10.1. The normalized spacial score (nSPS) is 23.1. The van der Waals surface area contributed by atoms with Crippen molar-refractivity contribution in [1.82, 2.24) is 4.72 Å². The number of hydrogen-bond donors (Lipinski definition) is 3. The van der Waals surface area contributed by atoms with Gasteiger partial charge in [0.1, 0.15) is 10.7 Å². The van der Waals surface area contributed by atoms with E-state index in [2.05, 4.69) is 4.72 Å². The zero-order valence-electron chi connectivity index (χ0n) is 11.0. The summed E-state index contributed by atoms with van der Waals surface area (Å²) in [5, 5.41) is 18.4. The summed E-state index contributed by atoms with van der Waals surface area (Å²) in [5.41, 5.74) is 0.